The Morgan fingerprint density at radius 2 is 1.80 bits per heavy atom. The molecule has 0 bridgehead atoms. The third-order valence-electron chi connectivity index (χ3n) is 10.5. The third-order valence-corrected chi connectivity index (χ3v) is 16.1. The van der Waals surface area contributed by atoms with Crippen molar-refractivity contribution in [3.63, 3.8) is 0 Å². The number of primary sulfonamides is 1. The first kappa shape index (κ1) is 29.6. The van der Waals surface area contributed by atoms with Crippen LogP contribution >= 0.6 is 11.6 Å². The highest BCUT2D eigenvalue weighted by Gasteiger charge is 2.56. The molecule has 3 aliphatic carbocycles. The molecule has 2 aromatic rings. The summed E-state index contributed by atoms with van der Waals surface area (Å²) in [5, 5.41) is 5.38. The summed E-state index contributed by atoms with van der Waals surface area (Å²) >= 11 is 6.27. The Morgan fingerprint density at radius 1 is 1.07 bits per heavy atom. The van der Waals surface area contributed by atoms with Gasteiger partial charge in [-0.25, -0.2) is 18.4 Å². The number of fused-ring (bicyclic) bond motifs is 5. The Balaban J connectivity index is 1.31. The van der Waals surface area contributed by atoms with Crippen LogP contribution in [-0.2, 0) is 21.2 Å². The summed E-state index contributed by atoms with van der Waals surface area (Å²) in [7, 11) is -5.80. The Labute approximate surface area is 245 Å². The molecule has 0 amide bonds. The second kappa shape index (κ2) is 10.1. The average molecular weight is 604 g/mol. The SMILES string of the molecule is CC(C)(C)[Si](C)(C)Oc1ccc2c(c1)CCC1C2CC[C@@]2(C)C1CC[C@@H]2OC(=O)c1ccc(S(N)(=O)=O)cc1Cl. The number of ether oxygens (including phenoxy) is 1. The van der Waals surface area contributed by atoms with E-state index in [-0.39, 0.29) is 32.0 Å². The van der Waals surface area contributed by atoms with E-state index in [2.05, 4.69) is 59.0 Å². The first-order chi connectivity index (χ1) is 18.5. The molecular formula is C31H42ClNO5SSi. The molecule has 0 saturated heterocycles. The lowest BCUT2D eigenvalue weighted by molar-refractivity contribution is -0.0427. The molecule has 6 nitrogen and oxygen atoms in total. The predicted octanol–water partition coefficient (Wildman–Crippen LogP) is 7.45. The van der Waals surface area contributed by atoms with Crippen LogP contribution in [0.15, 0.2) is 41.3 Å². The molecule has 40 heavy (non-hydrogen) atoms. The maximum absolute atomic E-state index is 13.1. The topological polar surface area (TPSA) is 95.7 Å². The minimum Gasteiger partial charge on any atom is -0.543 e. The third kappa shape index (κ3) is 5.25. The van der Waals surface area contributed by atoms with Gasteiger partial charge in [0.15, 0.2) is 0 Å². The van der Waals surface area contributed by atoms with E-state index in [9.17, 15) is 13.2 Å². The second-order valence-electron chi connectivity index (χ2n) is 13.8. The van der Waals surface area contributed by atoms with Crippen molar-refractivity contribution >= 4 is 35.9 Å². The Kier molecular flexibility index (Phi) is 7.51. The number of halogens is 1. The molecule has 0 radical (unpaired) electrons. The lowest BCUT2D eigenvalue weighted by atomic mass is 9.55. The number of carbonyl (C=O) groups excluding carboxylic acids is 1. The molecule has 2 saturated carbocycles. The number of benzene rings is 2. The zero-order valence-corrected chi connectivity index (χ0v) is 27.0. The fourth-order valence-electron chi connectivity index (χ4n) is 7.25. The van der Waals surface area contributed by atoms with Crippen LogP contribution < -0.4 is 9.56 Å². The van der Waals surface area contributed by atoms with Gasteiger partial charge < -0.3 is 9.16 Å². The zero-order chi connectivity index (χ0) is 29.3. The van der Waals surface area contributed by atoms with Crippen LogP contribution in [0.25, 0.3) is 0 Å². The standard InChI is InChI=1S/C31H42ClNO5SSi/c1-30(2,3)40(5,6)38-20-8-11-22-19(17-20)7-10-24-23(22)15-16-31(4)26(24)13-14-28(31)37-29(34)25-12-9-21(18-27(25)32)39(33,35)36/h8-9,11-12,17-18,23-24,26,28H,7,10,13-16H2,1-6H3,(H2,33,35,36)/t23?,24?,26?,28-,31-/m0/s1. The van der Waals surface area contributed by atoms with E-state index in [0.717, 1.165) is 44.3 Å². The van der Waals surface area contributed by atoms with Crippen molar-refractivity contribution in [3.8, 4) is 5.75 Å². The fraction of sp³-hybridized carbons (Fsp3) is 0.581. The average Bonchev–Trinajstić information content (AvgIpc) is 3.18. The van der Waals surface area contributed by atoms with Crippen LogP contribution in [-0.4, -0.2) is 28.8 Å². The molecule has 218 valence electrons. The Hall–Kier alpha value is -1.87. The van der Waals surface area contributed by atoms with Crippen molar-refractivity contribution in [2.45, 2.75) is 101 Å². The van der Waals surface area contributed by atoms with Crippen LogP contribution in [0.2, 0.25) is 23.2 Å². The smallest absolute Gasteiger partial charge is 0.339 e. The highest BCUT2D eigenvalue weighted by Crippen LogP contribution is 2.61. The molecule has 5 rings (SSSR count). The highest BCUT2D eigenvalue weighted by atomic mass is 35.5. The van der Waals surface area contributed by atoms with Crippen molar-refractivity contribution in [3.05, 3.63) is 58.1 Å². The summed E-state index contributed by atoms with van der Waals surface area (Å²) in [6.07, 6.45) is 5.94. The summed E-state index contributed by atoms with van der Waals surface area (Å²) in [5.74, 6) is 2.08. The van der Waals surface area contributed by atoms with E-state index in [1.54, 1.807) is 0 Å². The number of hydrogen-bond acceptors (Lipinski definition) is 5. The van der Waals surface area contributed by atoms with Gasteiger partial charge in [0.1, 0.15) is 11.9 Å². The van der Waals surface area contributed by atoms with Gasteiger partial charge in [0.25, 0.3) is 0 Å². The summed E-state index contributed by atoms with van der Waals surface area (Å²) in [4.78, 5) is 13.0. The number of aryl methyl sites for hydroxylation is 1. The molecule has 3 aliphatic rings. The number of rotatable bonds is 5. The van der Waals surface area contributed by atoms with Gasteiger partial charge in [-0.2, -0.15) is 0 Å². The maximum atomic E-state index is 13.1. The Morgan fingerprint density at radius 3 is 2.45 bits per heavy atom. The monoisotopic (exact) mass is 603 g/mol. The van der Waals surface area contributed by atoms with Crippen LogP contribution in [0.5, 0.6) is 5.75 Å². The second-order valence-corrected chi connectivity index (χ2v) is 20.5. The van der Waals surface area contributed by atoms with Crippen molar-refractivity contribution in [1.29, 1.82) is 0 Å². The van der Waals surface area contributed by atoms with Gasteiger partial charge in [-0.1, -0.05) is 45.4 Å². The first-order valence-electron chi connectivity index (χ1n) is 14.4. The number of hydrogen-bond donors (Lipinski definition) is 1. The number of carbonyl (C=O) groups is 1. The molecule has 5 atom stereocenters. The molecule has 9 heteroatoms. The van der Waals surface area contributed by atoms with Crippen LogP contribution in [0.1, 0.15) is 87.2 Å². The van der Waals surface area contributed by atoms with Crippen LogP contribution in [0.3, 0.4) is 0 Å². The Bertz CT molecular complexity index is 1440. The number of esters is 1. The van der Waals surface area contributed by atoms with Gasteiger partial charge in [-0.15, -0.1) is 0 Å². The van der Waals surface area contributed by atoms with E-state index in [1.165, 1.54) is 29.3 Å². The summed E-state index contributed by atoms with van der Waals surface area (Å²) in [6, 6.07) is 10.7. The van der Waals surface area contributed by atoms with Gasteiger partial charge in [0, 0.05) is 5.41 Å². The molecule has 0 spiro atoms. The molecular weight excluding hydrogens is 562 g/mol. The minimum absolute atomic E-state index is 0.0284. The van der Waals surface area contributed by atoms with E-state index in [1.807, 2.05) is 0 Å². The molecule has 2 N–H and O–H groups in total. The summed E-state index contributed by atoms with van der Waals surface area (Å²) in [5.41, 5.74) is 2.98. The van der Waals surface area contributed by atoms with Crippen LogP contribution in [0.4, 0.5) is 0 Å². The van der Waals surface area contributed by atoms with Gasteiger partial charge in [0.05, 0.1) is 15.5 Å². The van der Waals surface area contributed by atoms with E-state index < -0.39 is 24.3 Å². The van der Waals surface area contributed by atoms with E-state index >= 15 is 0 Å². The van der Waals surface area contributed by atoms with Crippen molar-refractivity contribution in [2.24, 2.45) is 22.4 Å². The molecule has 2 aromatic carbocycles. The lowest BCUT2D eigenvalue weighted by Gasteiger charge is -2.50. The van der Waals surface area contributed by atoms with Gasteiger partial charge >= 0.3 is 5.97 Å². The molecule has 3 unspecified atom stereocenters. The number of nitrogens with two attached hydrogens (primary N) is 1. The molecule has 0 aliphatic heterocycles. The van der Waals surface area contributed by atoms with E-state index in [4.69, 9.17) is 25.9 Å². The van der Waals surface area contributed by atoms with Crippen molar-refractivity contribution < 1.29 is 22.4 Å². The number of sulfonamides is 1. The van der Waals surface area contributed by atoms with Crippen molar-refractivity contribution in [1.82, 2.24) is 0 Å². The fourth-order valence-corrected chi connectivity index (χ4v) is 9.13. The van der Waals surface area contributed by atoms with E-state index in [0.29, 0.717) is 17.8 Å². The quantitative estimate of drug-likeness (QED) is 0.283. The maximum Gasteiger partial charge on any atom is 0.339 e. The predicted molar refractivity (Wildman–Crippen MR) is 161 cm³/mol. The van der Waals surface area contributed by atoms with Gasteiger partial charge in [0.2, 0.25) is 18.3 Å². The first-order valence-corrected chi connectivity index (χ1v) is 19.2. The summed E-state index contributed by atoms with van der Waals surface area (Å²) < 4.78 is 36.0. The largest absolute Gasteiger partial charge is 0.543 e. The molecule has 2 fully saturated rings. The van der Waals surface area contributed by atoms with Crippen molar-refractivity contribution in [2.75, 3.05) is 0 Å². The molecule has 0 heterocycles. The van der Waals surface area contributed by atoms with Gasteiger partial charge in [-0.3, -0.25) is 0 Å². The summed E-state index contributed by atoms with van der Waals surface area (Å²) in [6.45, 7) is 13.7. The molecule has 0 aromatic heterocycles. The van der Waals surface area contributed by atoms with Gasteiger partial charge in [-0.05, 0) is 116 Å². The minimum atomic E-state index is -3.91. The normalized spacial score (nSPS) is 28.3. The highest BCUT2D eigenvalue weighted by molar-refractivity contribution is 7.89. The van der Waals surface area contributed by atoms with Crippen LogP contribution in [0, 0.1) is 17.3 Å². The zero-order valence-electron chi connectivity index (χ0n) is 24.4. The lowest BCUT2D eigenvalue weighted by Crippen LogP contribution is -2.45.